The van der Waals surface area contributed by atoms with Crippen molar-refractivity contribution in [3.63, 3.8) is 0 Å². The molecule has 5 amide bonds. The van der Waals surface area contributed by atoms with Gasteiger partial charge in [-0.25, -0.2) is 14.4 Å². The van der Waals surface area contributed by atoms with Crippen molar-refractivity contribution in [2.24, 2.45) is 11.8 Å². The number of carboxylic acids is 4. The van der Waals surface area contributed by atoms with E-state index >= 15 is 0 Å². The first kappa shape index (κ1) is 49.5. The number of unbranched alkanes of at least 4 members (excludes halogenated alkanes) is 1. The summed E-state index contributed by atoms with van der Waals surface area (Å²) in [5.41, 5.74) is 0. The van der Waals surface area contributed by atoms with Crippen molar-refractivity contribution in [2.45, 2.75) is 115 Å². The first-order chi connectivity index (χ1) is 25.8. The van der Waals surface area contributed by atoms with Crippen molar-refractivity contribution in [3.8, 4) is 0 Å². The monoisotopic (exact) mass is 787 g/mol. The van der Waals surface area contributed by atoms with Crippen molar-refractivity contribution in [1.29, 1.82) is 0 Å². The molecule has 0 spiro atoms. The summed E-state index contributed by atoms with van der Waals surface area (Å²) in [6, 6.07) is -4.61. The number of nitrogens with one attached hydrogen (secondary N) is 5. The molecule has 0 aromatic rings. The van der Waals surface area contributed by atoms with Crippen LogP contribution in [0, 0.1) is 11.8 Å². The maximum Gasteiger partial charge on any atom is 0.326 e. The van der Waals surface area contributed by atoms with Crippen molar-refractivity contribution < 1.29 is 78.3 Å². The van der Waals surface area contributed by atoms with E-state index in [1.807, 2.05) is 6.92 Å². The number of carbonyl (C=O) groups is 11. The van der Waals surface area contributed by atoms with Crippen LogP contribution in [-0.4, -0.2) is 128 Å². The van der Waals surface area contributed by atoms with Crippen LogP contribution in [0.2, 0.25) is 0 Å². The highest BCUT2D eigenvalue weighted by Crippen LogP contribution is 2.16. The molecule has 0 unspecified atom stereocenters. The van der Waals surface area contributed by atoms with Crippen molar-refractivity contribution in [1.82, 2.24) is 26.6 Å². The molecule has 0 rings (SSSR count). The molecule has 0 bridgehead atoms. The number of carboxylic acid groups (broad SMARTS) is 4. The Kier molecular flexibility index (Phi) is 24.5. The lowest BCUT2D eigenvalue weighted by atomic mass is 9.94. The molecular weight excluding hydrogens is 734 g/mol. The molecule has 0 aromatic heterocycles. The number of carbonyl (C=O) groups excluding carboxylic acids is 7. The lowest BCUT2D eigenvalue weighted by molar-refractivity contribution is -0.145. The van der Waals surface area contributed by atoms with Crippen LogP contribution in [0.1, 0.15) is 97.3 Å². The van der Waals surface area contributed by atoms with Gasteiger partial charge in [0.25, 0.3) is 0 Å². The molecule has 310 valence electrons. The lowest BCUT2D eigenvalue weighted by Gasteiger charge is -2.18. The molecule has 0 aliphatic carbocycles. The third kappa shape index (κ3) is 23.0. The van der Waals surface area contributed by atoms with E-state index in [0.717, 1.165) is 6.92 Å². The van der Waals surface area contributed by atoms with E-state index in [4.69, 9.17) is 10.2 Å². The second kappa shape index (κ2) is 27.2. The Morgan fingerprint density at radius 3 is 1.47 bits per heavy atom. The Labute approximate surface area is 316 Å². The number of aliphatic carboxylic acids is 4. The van der Waals surface area contributed by atoms with E-state index in [1.54, 1.807) is 0 Å². The summed E-state index contributed by atoms with van der Waals surface area (Å²) >= 11 is 0. The van der Waals surface area contributed by atoms with Gasteiger partial charge in [0.2, 0.25) is 29.5 Å². The highest BCUT2D eigenvalue weighted by atomic mass is 16.4. The summed E-state index contributed by atoms with van der Waals surface area (Å²) < 4.78 is 0. The molecule has 21 heteroatoms. The summed E-state index contributed by atoms with van der Waals surface area (Å²) in [6.07, 6.45) is -1.57. The van der Waals surface area contributed by atoms with Crippen LogP contribution < -0.4 is 26.6 Å². The fraction of sp³-hybridized carbons (Fsp3) is 0.676. The molecule has 55 heavy (non-hydrogen) atoms. The number of aliphatic hydroxyl groups excluding tert-OH is 1. The zero-order valence-electron chi connectivity index (χ0n) is 30.9. The van der Waals surface area contributed by atoms with Gasteiger partial charge in [0.15, 0.2) is 5.78 Å². The minimum atomic E-state index is -1.61. The molecule has 0 heterocycles. The van der Waals surface area contributed by atoms with Gasteiger partial charge in [0, 0.05) is 51.5 Å². The maximum atomic E-state index is 12.5. The molecule has 0 radical (unpaired) electrons. The van der Waals surface area contributed by atoms with Gasteiger partial charge < -0.3 is 52.1 Å². The fourth-order valence-corrected chi connectivity index (χ4v) is 5.20. The molecule has 0 aliphatic heterocycles. The highest BCUT2D eigenvalue weighted by Gasteiger charge is 2.27. The zero-order valence-corrected chi connectivity index (χ0v) is 30.9. The summed E-state index contributed by atoms with van der Waals surface area (Å²) in [6.45, 7) is 2.31. The number of hydrogen-bond donors (Lipinski definition) is 10. The lowest BCUT2D eigenvalue weighted by Crippen LogP contribution is -2.45. The summed E-state index contributed by atoms with van der Waals surface area (Å²) in [7, 11) is 0. The van der Waals surface area contributed by atoms with Crippen LogP contribution >= 0.6 is 0 Å². The minimum Gasteiger partial charge on any atom is -0.481 e. The Balaban J connectivity index is 4.75. The Hall–Kier alpha value is -5.47. The van der Waals surface area contributed by atoms with E-state index in [9.17, 15) is 68.1 Å². The standard InChI is InChI=1S/C34H53N5O16/c1-3-20(26(43)18-40)6-4-5-15-35-30(47)17-36-27(44)12-7-21(31(48)49)16-22(42)8-9-24(33(52)53)38-29(46)14-11-25(34(54)55)39-28(45)13-10-23(32(50)51)37-19(2)41/h20-21,23-25,40H,3-18H2,1-2H3,(H,35,47)(H,36,44)(H,37,41)(H,38,46)(H,39,45)(H,48,49)(H,50,51)(H,52,53)(H,54,55)/t20-,21+,23-,24-,25-/m0/s1. The number of rotatable bonds is 31. The van der Waals surface area contributed by atoms with Gasteiger partial charge in [-0.15, -0.1) is 0 Å². The highest BCUT2D eigenvalue weighted by molar-refractivity contribution is 5.89. The van der Waals surface area contributed by atoms with Gasteiger partial charge in [-0.05, 0) is 44.9 Å². The van der Waals surface area contributed by atoms with E-state index in [1.165, 1.54) is 0 Å². The predicted octanol–water partition coefficient (Wildman–Crippen LogP) is -1.51. The van der Waals surface area contributed by atoms with E-state index < -0.39 is 128 Å². The van der Waals surface area contributed by atoms with E-state index in [0.29, 0.717) is 32.2 Å². The first-order valence-electron chi connectivity index (χ1n) is 17.8. The van der Waals surface area contributed by atoms with Gasteiger partial charge in [0.05, 0.1) is 12.5 Å². The van der Waals surface area contributed by atoms with Crippen LogP contribution in [0.5, 0.6) is 0 Å². The van der Waals surface area contributed by atoms with Crippen molar-refractivity contribution in [3.05, 3.63) is 0 Å². The third-order valence-corrected chi connectivity index (χ3v) is 8.37. The summed E-state index contributed by atoms with van der Waals surface area (Å²) in [5.74, 6) is -11.9. The molecule has 0 aromatic carbocycles. The topological polar surface area (TPSA) is 349 Å². The number of ketones is 2. The molecular formula is C34H53N5O16. The van der Waals surface area contributed by atoms with Gasteiger partial charge in [0.1, 0.15) is 30.5 Å². The molecule has 0 saturated heterocycles. The SMILES string of the molecule is CC[C@@H](CCCCNC(=O)CNC(=O)CC[C@H](CC(=O)CC[C@H](NC(=O)CC[C@H](NC(=O)CC[C@H](NC(C)=O)C(=O)O)C(=O)O)C(=O)O)C(=O)O)C(=O)CO. The number of amides is 5. The Morgan fingerprint density at radius 2 is 1.02 bits per heavy atom. The first-order valence-corrected chi connectivity index (χ1v) is 17.8. The van der Waals surface area contributed by atoms with Crippen molar-refractivity contribution in [2.75, 3.05) is 19.7 Å². The molecule has 0 fully saturated rings. The van der Waals surface area contributed by atoms with Gasteiger partial charge in [-0.3, -0.25) is 38.4 Å². The molecule has 10 N–H and O–H groups in total. The predicted molar refractivity (Wildman–Crippen MR) is 188 cm³/mol. The average Bonchev–Trinajstić information content (AvgIpc) is 3.11. The number of Topliss-reactive ketones (excluding diaryl/α,β-unsaturated/α-hetero) is 2. The van der Waals surface area contributed by atoms with Crippen LogP contribution in [-0.2, 0) is 52.7 Å². The van der Waals surface area contributed by atoms with E-state index in [-0.39, 0.29) is 37.5 Å². The Bertz CT molecular complexity index is 1390. The molecule has 0 aliphatic rings. The fourth-order valence-electron chi connectivity index (χ4n) is 5.20. The molecule has 0 saturated carbocycles. The second-order valence-electron chi connectivity index (χ2n) is 12.8. The van der Waals surface area contributed by atoms with Crippen molar-refractivity contribution >= 4 is 65.0 Å². The minimum absolute atomic E-state index is 0.233. The van der Waals surface area contributed by atoms with Crippen LogP contribution in [0.4, 0.5) is 0 Å². The second-order valence-corrected chi connectivity index (χ2v) is 12.8. The van der Waals surface area contributed by atoms with Gasteiger partial charge in [-0.2, -0.15) is 0 Å². The quantitative estimate of drug-likeness (QED) is 0.0357. The van der Waals surface area contributed by atoms with E-state index in [2.05, 4.69) is 26.6 Å². The third-order valence-electron chi connectivity index (χ3n) is 8.37. The van der Waals surface area contributed by atoms with Gasteiger partial charge >= 0.3 is 23.9 Å². The average molecular weight is 788 g/mol. The molecule has 5 atom stereocenters. The maximum absolute atomic E-state index is 12.5. The van der Waals surface area contributed by atoms with Gasteiger partial charge in [-0.1, -0.05) is 13.3 Å². The van der Waals surface area contributed by atoms with Crippen LogP contribution in [0.3, 0.4) is 0 Å². The normalized spacial score (nSPS) is 13.4. The molecule has 21 nitrogen and oxygen atoms in total. The van der Waals surface area contributed by atoms with Crippen LogP contribution in [0.25, 0.3) is 0 Å². The zero-order chi connectivity index (χ0) is 42.1. The summed E-state index contributed by atoms with van der Waals surface area (Å²) in [4.78, 5) is 130. The largest absolute Gasteiger partial charge is 0.481 e. The van der Waals surface area contributed by atoms with Crippen LogP contribution in [0.15, 0.2) is 0 Å². The number of hydrogen-bond acceptors (Lipinski definition) is 12. The smallest absolute Gasteiger partial charge is 0.326 e. The summed E-state index contributed by atoms with van der Waals surface area (Å²) in [5, 5.41) is 57.9. The number of aliphatic hydroxyl groups is 1. The Morgan fingerprint density at radius 1 is 0.527 bits per heavy atom.